The summed E-state index contributed by atoms with van der Waals surface area (Å²) in [6.45, 7) is 3.16. The van der Waals surface area contributed by atoms with Crippen molar-refractivity contribution in [3.05, 3.63) is 0 Å². The van der Waals surface area contributed by atoms with Crippen LogP contribution in [0.3, 0.4) is 0 Å². The average Bonchev–Trinajstić information content (AvgIpc) is 2.35. The van der Waals surface area contributed by atoms with Crippen LogP contribution in [0.5, 0.6) is 0 Å². The second-order valence-electron chi connectivity index (χ2n) is 4.68. The van der Waals surface area contributed by atoms with Crippen molar-refractivity contribution in [2.24, 2.45) is 17.6 Å². The highest BCUT2D eigenvalue weighted by Crippen LogP contribution is 2.29. The first-order chi connectivity index (χ1) is 7.69. The number of methoxy groups -OCH3 is 1. The minimum absolute atomic E-state index is 0.0730. The van der Waals surface area contributed by atoms with Gasteiger partial charge in [-0.05, 0) is 32.2 Å². The van der Waals surface area contributed by atoms with Crippen LogP contribution in [0.2, 0.25) is 0 Å². The summed E-state index contributed by atoms with van der Waals surface area (Å²) < 4.78 is 5.10. The maximum Gasteiger partial charge on any atom is 0.223 e. The third-order valence-corrected chi connectivity index (χ3v) is 3.51. The highest BCUT2D eigenvalue weighted by molar-refractivity contribution is 5.79. The first-order valence-electron chi connectivity index (χ1n) is 6.19. The number of nitrogens with one attached hydrogen (secondary N) is 1. The standard InChI is InChI=1S/C12H24N2O2/c1-9(16-2)8-14-12(15)11-6-4-3-5-10(11)7-13/h9-11H,3-8,13H2,1-2H3,(H,14,15). The summed E-state index contributed by atoms with van der Waals surface area (Å²) in [5, 5.41) is 2.95. The van der Waals surface area contributed by atoms with Crippen molar-refractivity contribution in [3.63, 3.8) is 0 Å². The first kappa shape index (κ1) is 13.5. The molecule has 1 saturated carbocycles. The van der Waals surface area contributed by atoms with E-state index in [4.69, 9.17) is 10.5 Å². The SMILES string of the molecule is COC(C)CNC(=O)C1CCCCC1CN. The van der Waals surface area contributed by atoms with Crippen LogP contribution < -0.4 is 11.1 Å². The van der Waals surface area contributed by atoms with E-state index in [0.29, 0.717) is 19.0 Å². The van der Waals surface area contributed by atoms with Gasteiger partial charge in [-0.2, -0.15) is 0 Å². The maximum absolute atomic E-state index is 12.0. The van der Waals surface area contributed by atoms with Crippen LogP contribution in [-0.4, -0.2) is 32.2 Å². The number of carbonyl (C=O) groups excluding carboxylic acids is 1. The zero-order valence-electron chi connectivity index (χ0n) is 10.4. The molecule has 0 saturated heterocycles. The number of carbonyl (C=O) groups is 1. The average molecular weight is 228 g/mol. The van der Waals surface area contributed by atoms with E-state index in [1.54, 1.807) is 7.11 Å². The van der Waals surface area contributed by atoms with Crippen molar-refractivity contribution in [3.8, 4) is 0 Å². The third kappa shape index (κ3) is 3.76. The molecule has 94 valence electrons. The van der Waals surface area contributed by atoms with Crippen LogP contribution in [0.4, 0.5) is 0 Å². The van der Waals surface area contributed by atoms with E-state index >= 15 is 0 Å². The van der Waals surface area contributed by atoms with Crippen molar-refractivity contribution in [2.75, 3.05) is 20.2 Å². The highest BCUT2D eigenvalue weighted by atomic mass is 16.5. The maximum atomic E-state index is 12.0. The molecule has 1 aliphatic carbocycles. The Labute approximate surface area is 97.9 Å². The van der Waals surface area contributed by atoms with Gasteiger partial charge in [-0.25, -0.2) is 0 Å². The van der Waals surface area contributed by atoms with Crippen molar-refractivity contribution >= 4 is 5.91 Å². The molecule has 1 fully saturated rings. The molecule has 1 rings (SSSR count). The Morgan fingerprint density at radius 1 is 1.50 bits per heavy atom. The lowest BCUT2D eigenvalue weighted by Gasteiger charge is -2.29. The lowest BCUT2D eigenvalue weighted by molar-refractivity contribution is -0.128. The van der Waals surface area contributed by atoms with Gasteiger partial charge in [0.15, 0.2) is 0 Å². The molecule has 0 bridgehead atoms. The van der Waals surface area contributed by atoms with Gasteiger partial charge in [-0.1, -0.05) is 12.8 Å². The number of nitrogens with two attached hydrogens (primary N) is 1. The van der Waals surface area contributed by atoms with Crippen molar-refractivity contribution in [2.45, 2.75) is 38.7 Å². The highest BCUT2D eigenvalue weighted by Gasteiger charge is 2.29. The second-order valence-corrected chi connectivity index (χ2v) is 4.68. The fourth-order valence-corrected chi connectivity index (χ4v) is 2.29. The van der Waals surface area contributed by atoms with Crippen LogP contribution in [0.25, 0.3) is 0 Å². The zero-order chi connectivity index (χ0) is 12.0. The van der Waals surface area contributed by atoms with E-state index in [0.717, 1.165) is 19.3 Å². The van der Waals surface area contributed by atoms with Crippen LogP contribution >= 0.6 is 0 Å². The molecule has 4 heteroatoms. The number of rotatable bonds is 5. The predicted molar refractivity (Wildman–Crippen MR) is 64.0 cm³/mol. The van der Waals surface area contributed by atoms with Gasteiger partial charge in [0.25, 0.3) is 0 Å². The largest absolute Gasteiger partial charge is 0.380 e. The molecule has 1 amide bonds. The summed E-state index contributed by atoms with van der Waals surface area (Å²) in [7, 11) is 1.65. The van der Waals surface area contributed by atoms with Gasteiger partial charge < -0.3 is 15.8 Å². The number of ether oxygens (including phenoxy) is 1. The number of amides is 1. The molecule has 3 N–H and O–H groups in total. The van der Waals surface area contributed by atoms with Crippen LogP contribution in [0.1, 0.15) is 32.6 Å². The summed E-state index contributed by atoms with van der Waals surface area (Å²) in [6.07, 6.45) is 4.50. The quantitative estimate of drug-likeness (QED) is 0.735. The van der Waals surface area contributed by atoms with E-state index < -0.39 is 0 Å². The first-order valence-corrected chi connectivity index (χ1v) is 6.19. The van der Waals surface area contributed by atoms with E-state index in [1.807, 2.05) is 6.92 Å². The molecular weight excluding hydrogens is 204 g/mol. The Kier molecular flexibility index (Phi) is 5.77. The van der Waals surface area contributed by atoms with E-state index in [9.17, 15) is 4.79 Å². The monoisotopic (exact) mass is 228 g/mol. The van der Waals surface area contributed by atoms with Gasteiger partial charge in [-0.15, -0.1) is 0 Å². The molecule has 3 unspecified atom stereocenters. The summed E-state index contributed by atoms with van der Waals surface area (Å²) in [5.41, 5.74) is 5.71. The lowest BCUT2D eigenvalue weighted by Crippen LogP contribution is -2.41. The zero-order valence-corrected chi connectivity index (χ0v) is 10.4. The van der Waals surface area contributed by atoms with Crippen LogP contribution in [0.15, 0.2) is 0 Å². The molecule has 0 aromatic heterocycles. The van der Waals surface area contributed by atoms with Crippen molar-refractivity contribution in [1.82, 2.24) is 5.32 Å². The summed E-state index contributed by atoms with van der Waals surface area (Å²) in [5.74, 6) is 0.633. The second kappa shape index (κ2) is 6.86. The Bertz CT molecular complexity index is 221. The van der Waals surface area contributed by atoms with Crippen molar-refractivity contribution < 1.29 is 9.53 Å². The number of hydrogen-bond acceptors (Lipinski definition) is 3. The van der Waals surface area contributed by atoms with Gasteiger partial charge in [0.1, 0.15) is 0 Å². The summed E-state index contributed by atoms with van der Waals surface area (Å²) in [4.78, 5) is 12.0. The molecule has 3 atom stereocenters. The topological polar surface area (TPSA) is 64.3 Å². The van der Waals surface area contributed by atoms with E-state index in [1.165, 1.54) is 6.42 Å². The molecule has 4 nitrogen and oxygen atoms in total. The molecule has 16 heavy (non-hydrogen) atoms. The third-order valence-electron chi connectivity index (χ3n) is 3.51. The molecule has 0 heterocycles. The molecular formula is C12H24N2O2. The van der Waals surface area contributed by atoms with E-state index in [-0.39, 0.29) is 17.9 Å². The van der Waals surface area contributed by atoms with Gasteiger partial charge in [0.05, 0.1) is 6.10 Å². The molecule has 1 aliphatic rings. The Morgan fingerprint density at radius 2 is 2.19 bits per heavy atom. The predicted octanol–water partition coefficient (Wildman–Crippen LogP) is 0.903. The van der Waals surface area contributed by atoms with Gasteiger partial charge in [0, 0.05) is 19.6 Å². The van der Waals surface area contributed by atoms with Gasteiger partial charge >= 0.3 is 0 Å². The van der Waals surface area contributed by atoms with E-state index in [2.05, 4.69) is 5.32 Å². The van der Waals surface area contributed by atoms with Crippen molar-refractivity contribution in [1.29, 1.82) is 0 Å². The lowest BCUT2D eigenvalue weighted by atomic mass is 9.79. The Hall–Kier alpha value is -0.610. The molecule has 0 spiro atoms. The fraction of sp³-hybridized carbons (Fsp3) is 0.917. The molecule has 0 aromatic rings. The van der Waals surface area contributed by atoms with Gasteiger partial charge in [0.2, 0.25) is 5.91 Å². The minimum Gasteiger partial charge on any atom is -0.380 e. The molecule has 0 aromatic carbocycles. The smallest absolute Gasteiger partial charge is 0.223 e. The summed E-state index contributed by atoms with van der Waals surface area (Å²) >= 11 is 0. The van der Waals surface area contributed by atoms with Gasteiger partial charge in [-0.3, -0.25) is 4.79 Å². The molecule has 0 radical (unpaired) electrons. The molecule has 0 aliphatic heterocycles. The van der Waals surface area contributed by atoms with Crippen LogP contribution in [0, 0.1) is 11.8 Å². The van der Waals surface area contributed by atoms with Crippen LogP contribution in [-0.2, 0) is 9.53 Å². The number of hydrogen-bond donors (Lipinski definition) is 2. The normalized spacial score (nSPS) is 27.4. The fourth-order valence-electron chi connectivity index (χ4n) is 2.29. The summed E-state index contributed by atoms with van der Waals surface area (Å²) in [6, 6.07) is 0. The Morgan fingerprint density at radius 3 is 2.81 bits per heavy atom. The Balaban J connectivity index is 2.38. The minimum atomic E-state index is 0.0730.